The molecular formula is C21H34IN5O. The maximum absolute atomic E-state index is 5.92. The highest BCUT2D eigenvalue weighted by Gasteiger charge is 2.06. The van der Waals surface area contributed by atoms with Crippen LogP contribution in [0.3, 0.4) is 0 Å². The molecule has 1 aromatic heterocycles. The van der Waals surface area contributed by atoms with E-state index in [1.54, 1.807) is 0 Å². The van der Waals surface area contributed by atoms with Crippen LogP contribution in [0.25, 0.3) is 0 Å². The number of benzene rings is 1. The van der Waals surface area contributed by atoms with Gasteiger partial charge in [0.05, 0.1) is 6.10 Å². The molecule has 0 spiro atoms. The van der Waals surface area contributed by atoms with Crippen molar-refractivity contribution in [3.05, 3.63) is 54.4 Å². The third kappa shape index (κ3) is 9.54. The Labute approximate surface area is 186 Å². The highest BCUT2D eigenvalue weighted by molar-refractivity contribution is 14.0. The standard InChI is InChI=1S/C21H33N5O.HI/c1-4-22-21(24-16-18(2)17-26-14-8-13-25-26)23-12-9-15-27-19(3)20-10-6-5-7-11-20;/h5-8,10-11,13-14,18-19H,4,9,12,15-17H2,1-3H3,(H2,22,23,24);1H. The second-order valence-corrected chi connectivity index (χ2v) is 6.76. The minimum absolute atomic E-state index is 0. The van der Waals surface area contributed by atoms with Crippen LogP contribution in [0.5, 0.6) is 0 Å². The van der Waals surface area contributed by atoms with Crippen molar-refractivity contribution in [2.45, 2.75) is 39.8 Å². The Morgan fingerprint density at radius 1 is 1.18 bits per heavy atom. The maximum Gasteiger partial charge on any atom is 0.191 e. The summed E-state index contributed by atoms with van der Waals surface area (Å²) < 4.78 is 7.87. The van der Waals surface area contributed by atoms with Gasteiger partial charge in [-0.15, -0.1) is 24.0 Å². The highest BCUT2D eigenvalue weighted by Crippen LogP contribution is 2.15. The van der Waals surface area contributed by atoms with Crippen molar-refractivity contribution in [1.82, 2.24) is 20.4 Å². The Kier molecular flexibility index (Phi) is 12.6. The third-order valence-electron chi connectivity index (χ3n) is 4.21. The molecule has 6 nitrogen and oxygen atoms in total. The summed E-state index contributed by atoms with van der Waals surface area (Å²) in [5.41, 5.74) is 1.21. The van der Waals surface area contributed by atoms with E-state index in [0.29, 0.717) is 5.92 Å². The Morgan fingerprint density at radius 3 is 2.64 bits per heavy atom. The van der Waals surface area contributed by atoms with Crippen molar-refractivity contribution in [2.24, 2.45) is 10.9 Å². The maximum atomic E-state index is 5.92. The number of aromatic nitrogens is 2. The van der Waals surface area contributed by atoms with Gasteiger partial charge in [0.15, 0.2) is 5.96 Å². The number of rotatable bonds is 11. The molecule has 0 bridgehead atoms. The second-order valence-electron chi connectivity index (χ2n) is 6.76. The smallest absolute Gasteiger partial charge is 0.191 e. The Bertz CT molecular complexity index is 648. The van der Waals surface area contributed by atoms with Gasteiger partial charge in [-0.25, -0.2) is 0 Å². The van der Waals surface area contributed by atoms with E-state index in [1.807, 2.05) is 41.3 Å². The lowest BCUT2D eigenvalue weighted by Gasteiger charge is -2.15. The number of halogens is 1. The average Bonchev–Trinajstić information content (AvgIpc) is 3.19. The molecule has 1 heterocycles. The third-order valence-corrected chi connectivity index (χ3v) is 4.21. The van der Waals surface area contributed by atoms with Gasteiger partial charge < -0.3 is 15.4 Å². The van der Waals surface area contributed by atoms with Crippen molar-refractivity contribution >= 4 is 29.9 Å². The van der Waals surface area contributed by atoms with E-state index >= 15 is 0 Å². The summed E-state index contributed by atoms with van der Waals surface area (Å²) in [5.74, 6) is 1.29. The minimum atomic E-state index is 0. The largest absolute Gasteiger partial charge is 0.374 e. The molecule has 2 rings (SSSR count). The summed E-state index contributed by atoms with van der Waals surface area (Å²) in [7, 11) is 0. The van der Waals surface area contributed by atoms with Crippen LogP contribution < -0.4 is 10.6 Å². The fourth-order valence-electron chi connectivity index (χ4n) is 2.73. The molecule has 28 heavy (non-hydrogen) atoms. The monoisotopic (exact) mass is 499 g/mol. The summed E-state index contributed by atoms with van der Waals surface area (Å²) in [6.45, 7) is 10.4. The van der Waals surface area contributed by atoms with Gasteiger partial charge in [-0.2, -0.15) is 5.10 Å². The fourth-order valence-corrected chi connectivity index (χ4v) is 2.73. The predicted octanol–water partition coefficient (Wildman–Crippen LogP) is 3.86. The first kappa shape index (κ1) is 24.4. The van der Waals surface area contributed by atoms with E-state index in [0.717, 1.165) is 45.2 Å². The molecule has 0 amide bonds. The first-order chi connectivity index (χ1) is 13.2. The topological polar surface area (TPSA) is 63.5 Å². The van der Waals surface area contributed by atoms with Crippen LogP contribution in [0.1, 0.15) is 38.9 Å². The van der Waals surface area contributed by atoms with Crippen LogP contribution in [0.4, 0.5) is 0 Å². The normalized spacial score (nSPS) is 13.5. The molecule has 2 atom stereocenters. The molecule has 2 unspecified atom stereocenters. The van der Waals surface area contributed by atoms with Crippen LogP contribution in [0, 0.1) is 5.92 Å². The minimum Gasteiger partial charge on any atom is -0.374 e. The van der Waals surface area contributed by atoms with E-state index in [-0.39, 0.29) is 30.1 Å². The van der Waals surface area contributed by atoms with Gasteiger partial charge in [-0.3, -0.25) is 9.67 Å². The summed E-state index contributed by atoms with van der Waals surface area (Å²) in [4.78, 5) is 4.69. The van der Waals surface area contributed by atoms with E-state index in [4.69, 9.17) is 4.74 Å². The van der Waals surface area contributed by atoms with Gasteiger partial charge in [-0.1, -0.05) is 37.3 Å². The summed E-state index contributed by atoms with van der Waals surface area (Å²) in [6.07, 6.45) is 4.85. The van der Waals surface area contributed by atoms with Gasteiger partial charge in [0.1, 0.15) is 0 Å². The number of ether oxygens (including phenoxy) is 1. The molecule has 2 N–H and O–H groups in total. The molecule has 0 saturated heterocycles. The van der Waals surface area contributed by atoms with Crippen LogP contribution in [0.15, 0.2) is 53.8 Å². The molecule has 156 valence electrons. The molecule has 0 aliphatic carbocycles. The molecular weight excluding hydrogens is 465 g/mol. The zero-order valence-corrected chi connectivity index (χ0v) is 19.5. The Balaban J connectivity index is 0.00000392. The first-order valence-electron chi connectivity index (χ1n) is 9.85. The quantitative estimate of drug-likeness (QED) is 0.213. The lowest BCUT2D eigenvalue weighted by Crippen LogP contribution is -2.38. The second kappa shape index (κ2) is 14.4. The first-order valence-corrected chi connectivity index (χ1v) is 9.85. The van der Waals surface area contributed by atoms with Gasteiger partial charge in [0, 0.05) is 45.2 Å². The molecule has 1 aromatic carbocycles. The van der Waals surface area contributed by atoms with Crippen LogP contribution in [-0.2, 0) is 11.3 Å². The fraction of sp³-hybridized carbons (Fsp3) is 0.524. The molecule has 0 saturated carbocycles. The molecule has 0 aliphatic rings. The van der Waals surface area contributed by atoms with E-state index in [1.165, 1.54) is 5.56 Å². The van der Waals surface area contributed by atoms with Crippen molar-refractivity contribution in [3.63, 3.8) is 0 Å². The number of hydrogen-bond donors (Lipinski definition) is 2. The number of hydrogen-bond acceptors (Lipinski definition) is 3. The number of guanidine groups is 1. The average molecular weight is 499 g/mol. The molecule has 0 fully saturated rings. The van der Waals surface area contributed by atoms with Crippen LogP contribution in [-0.4, -0.2) is 42.0 Å². The van der Waals surface area contributed by atoms with Gasteiger partial charge in [0.2, 0.25) is 0 Å². The van der Waals surface area contributed by atoms with Crippen molar-refractivity contribution < 1.29 is 4.74 Å². The number of aliphatic imine (C=N–C) groups is 1. The van der Waals surface area contributed by atoms with Gasteiger partial charge in [-0.05, 0) is 37.8 Å². The van der Waals surface area contributed by atoms with E-state index in [2.05, 4.69) is 53.6 Å². The Morgan fingerprint density at radius 2 is 1.96 bits per heavy atom. The van der Waals surface area contributed by atoms with Crippen LogP contribution in [0.2, 0.25) is 0 Å². The number of nitrogens with zero attached hydrogens (tertiary/aromatic N) is 3. The Hall–Kier alpha value is -1.61. The van der Waals surface area contributed by atoms with Crippen molar-refractivity contribution in [3.8, 4) is 0 Å². The number of nitrogens with one attached hydrogen (secondary N) is 2. The summed E-state index contributed by atoms with van der Waals surface area (Å²) in [6, 6.07) is 12.3. The predicted molar refractivity (Wildman–Crippen MR) is 126 cm³/mol. The molecule has 2 aromatic rings. The van der Waals surface area contributed by atoms with E-state index < -0.39 is 0 Å². The van der Waals surface area contributed by atoms with Crippen molar-refractivity contribution in [2.75, 3.05) is 26.2 Å². The van der Waals surface area contributed by atoms with Crippen molar-refractivity contribution in [1.29, 1.82) is 0 Å². The highest BCUT2D eigenvalue weighted by atomic mass is 127. The van der Waals surface area contributed by atoms with Crippen LogP contribution >= 0.6 is 24.0 Å². The van der Waals surface area contributed by atoms with Gasteiger partial charge >= 0.3 is 0 Å². The zero-order chi connectivity index (χ0) is 19.3. The van der Waals surface area contributed by atoms with Gasteiger partial charge in [0.25, 0.3) is 0 Å². The summed E-state index contributed by atoms with van der Waals surface area (Å²) >= 11 is 0. The SMILES string of the molecule is CCNC(=NCC(C)Cn1cccn1)NCCCOC(C)c1ccccc1.I. The summed E-state index contributed by atoms with van der Waals surface area (Å²) in [5, 5.41) is 10.9. The van der Waals surface area contributed by atoms with E-state index in [9.17, 15) is 0 Å². The molecule has 0 aliphatic heterocycles. The molecule has 0 radical (unpaired) electrons. The lowest BCUT2D eigenvalue weighted by molar-refractivity contribution is 0.0646. The molecule has 7 heteroatoms. The zero-order valence-electron chi connectivity index (χ0n) is 17.2. The lowest BCUT2D eigenvalue weighted by atomic mass is 10.1.